The van der Waals surface area contributed by atoms with Gasteiger partial charge in [-0.2, -0.15) is 0 Å². The lowest BCUT2D eigenvalue weighted by atomic mass is 10.2. The van der Waals surface area contributed by atoms with Crippen molar-refractivity contribution in [3.05, 3.63) is 18.0 Å². The lowest BCUT2D eigenvalue weighted by molar-refractivity contribution is 0.0790. The Morgan fingerprint density at radius 3 is 2.82 bits per heavy atom. The maximum atomic E-state index is 5.43. The van der Waals surface area contributed by atoms with E-state index in [2.05, 4.69) is 27.1 Å². The normalized spacial score (nSPS) is 20.2. The van der Waals surface area contributed by atoms with Crippen LogP contribution in [0.25, 0.3) is 0 Å². The average Bonchev–Trinajstić information content (AvgIpc) is 2.40. The van der Waals surface area contributed by atoms with Crippen molar-refractivity contribution in [2.75, 3.05) is 38.3 Å². The summed E-state index contributed by atoms with van der Waals surface area (Å²) in [5, 5.41) is 3.42. The molecule has 0 radical (unpaired) electrons. The number of nitrogens with zero attached hydrogens (tertiary/aromatic N) is 3. The number of aromatic nitrogens is 2. The Morgan fingerprint density at radius 1 is 1.47 bits per heavy atom. The highest BCUT2D eigenvalue weighted by Gasteiger charge is 2.16. The molecule has 5 heteroatoms. The van der Waals surface area contributed by atoms with Crippen LogP contribution in [0.4, 0.5) is 5.95 Å². The quantitative estimate of drug-likeness (QED) is 0.823. The van der Waals surface area contributed by atoms with Gasteiger partial charge in [0.05, 0.1) is 13.2 Å². The third-order valence-corrected chi connectivity index (χ3v) is 2.93. The molecule has 17 heavy (non-hydrogen) atoms. The summed E-state index contributed by atoms with van der Waals surface area (Å²) >= 11 is 0. The number of anilines is 1. The van der Waals surface area contributed by atoms with Gasteiger partial charge < -0.3 is 15.0 Å². The molecule has 0 aliphatic carbocycles. The van der Waals surface area contributed by atoms with Crippen LogP contribution in [-0.4, -0.2) is 49.4 Å². The lowest BCUT2D eigenvalue weighted by Gasteiger charge is -2.28. The van der Waals surface area contributed by atoms with E-state index in [1.54, 1.807) is 0 Å². The first-order valence-electron chi connectivity index (χ1n) is 6.12. The predicted octanol–water partition coefficient (Wildman–Crippen LogP) is 0.464. The van der Waals surface area contributed by atoms with Crippen molar-refractivity contribution in [2.45, 2.75) is 19.4 Å². The number of nitrogens with one attached hydrogen (secondary N) is 1. The van der Waals surface area contributed by atoms with Gasteiger partial charge in [-0.3, -0.25) is 0 Å². The summed E-state index contributed by atoms with van der Waals surface area (Å²) in [7, 11) is 2.01. The zero-order chi connectivity index (χ0) is 12.1. The van der Waals surface area contributed by atoms with Crippen molar-refractivity contribution >= 4 is 5.95 Å². The maximum Gasteiger partial charge on any atom is 0.225 e. The van der Waals surface area contributed by atoms with Crippen molar-refractivity contribution in [1.29, 1.82) is 0 Å². The van der Waals surface area contributed by atoms with Gasteiger partial charge >= 0.3 is 0 Å². The van der Waals surface area contributed by atoms with E-state index in [1.165, 1.54) is 5.56 Å². The van der Waals surface area contributed by atoms with E-state index in [-0.39, 0.29) is 0 Å². The van der Waals surface area contributed by atoms with Crippen LogP contribution in [0.2, 0.25) is 0 Å². The molecule has 1 atom stereocenters. The molecule has 5 nitrogen and oxygen atoms in total. The fourth-order valence-electron chi connectivity index (χ4n) is 1.88. The second kappa shape index (κ2) is 5.93. The Morgan fingerprint density at radius 2 is 2.24 bits per heavy atom. The van der Waals surface area contributed by atoms with Crippen LogP contribution < -0.4 is 10.2 Å². The van der Waals surface area contributed by atoms with E-state index < -0.39 is 0 Å². The Bertz CT molecular complexity index is 335. The number of hydrogen-bond donors (Lipinski definition) is 1. The number of aryl methyl sites for hydroxylation is 1. The van der Waals surface area contributed by atoms with E-state index in [0.717, 1.165) is 38.7 Å². The molecule has 1 aliphatic rings. The molecule has 1 fully saturated rings. The standard InChI is InChI=1S/C12H20N4O/c1-3-10-6-14-12(15-7-10)16(2)8-11-9-17-5-4-13-11/h6-7,11,13H,3-5,8-9H2,1-2H3. The largest absolute Gasteiger partial charge is 0.378 e. The van der Waals surface area contributed by atoms with Crippen LogP contribution >= 0.6 is 0 Å². The number of ether oxygens (including phenoxy) is 1. The Kier molecular flexibility index (Phi) is 4.28. The molecule has 1 saturated heterocycles. The molecule has 1 aliphatic heterocycles. The second-order valence-electron chi connectivity index (χ2n) is 4.35. The minimum atomic E-state index is 0.364. The van der Waals surface area contributed by atoms with Crippen LogP contribution in [0.15, 0.2) is 12.4 Å². The van der Waals surface area contributed by atoms with E-state index in [1.807, 2.05) is 19.4 Å². The molecule has 1 N–H and O–H groups in total. The average molecular weight is 236 g/mol. The zero-order valence-electron chi connectivity index (χ0n) is 10.5. The number of hydrogen-bond acceptors (Lipinski definition) is 5. The summed E-state index contributed by atoms with van der Waals surface area (Å²) in [5.41, 5.74) is 1.17. The molecule has 1 unspecified atom stereocenters. The van der Waals surface area contributed by atoms with Crippen LogP contribution in [0.1, 0.15) is 12.5 Å². The summed E-state index contributed by atoms with van der Waals surface area (Å²) < 4.78 is 5.43. The first kappa shape index (κ1) is 12.3. The maximum absolute atomic E-state index is 5.43. The first-order valence-corrected chi connectivity index (χ1v) is 6.12. The van der Waals surface area contributed by atoms with Gasteiger partial charge in [-0.15, -0.1) is 0 Å². The van der Waals surface area contributed by atoms with Crippen LogP contribution in [-0.2, 0) is 11.2 Å². The minimum Gasteiger partial charge on any atom is -0.378 e. The van der Waals surface area contributed by atoms with Gasteiger partial charge in [0.1, 0.15) is 0 Å². The summed E-state index contributed by atoms with van der Waals surface area (Å²) in [5.74, 6) is 0.773. The summed E-state index contributed by atoms with van der Waals surface area (Å²) in [6.07, 6.45) is 4.76. The number of likely N-dealkylation sites (N-methyl/N-ethyl adjacent to an activating group) is 1. The van der Waals surface area contributed by atoms with Crippen LogP contribution in [0, 0.1) is 0 Å². The van der Waals surface area contributed by atoms with Gasteiger partial charge in [-0.05, 0) is 12.0 Å². The van der Waals surface area contributed by atoms with E-state index in [9.17, 15) is 0 Å². The Balaban J connectivity index is 1.91. The molecule has 1 aromatic heterocycles. The van der Waals surface area contributed by atoms with Gasteiger partial charge in [0.15, 0.2) is 0 Å². The smallest absolute Gasteiger partial charge is 0.225 e. The minimum absolute atomic E-state index is 0.364. The van der Waals surface area contributed by atoms with Crippen molar-refractivity contribution < 1.29 is 4.74 Å². The van der Waals surface area contributed by atoms with Crippen molar-refractivity contribution in [3.8, 4) is 0 Å². The highest BCUT2D eigenvalue weighted by atomic mass is 16.5. The van der Waals surface area contributed by atoms with E-state index in [4.69, 9.17) is 4.74 Å². The highest BCUT2D eigenvalue weighted by Crippen LogP contribution is 2.07. The van der Waals surface area contributed by atoms with Gasteiger partial charge in [-0.25, -0.2) is 9.97 Å². The molecular formula is C12H20N4O. The second-order valence-corrected chi connectivity index (χ2v) is 4.35. The number of morpholine rings is 1. The summed E-state index contributed by atoms with van der Waals surface area (Å²) in [4.78, 5) is 10.8. The topological polar surface area (TPSA) is 50.3 Å². The first-order chi connectivity index (χ1) is 8.29. The third-order valence-electron chi connectivity index (χ3n) is 2.93. The zero-order valence-corrected chi connectivity index (χ0v) is 10.5. The molecule has 1 aromatic rings. The lowest BCUT2D eigenvalue weighted by Crippen LogP contribution is -2.48. The predicted molar refractivity (Wildman–Crippen MR) is 67.3 cm³/mol. The molecule has 2 rings (SSSR count). The Labute approximate surface area is 102 Å². The monoisotopic (exact) mass is 236 g/mol. The molecule has 0 saturated carbocycles. The third kappa shape index (κ3) is 3.38. The molecule has 0 amide bonds. The number of rotatable bonds is 4. The van der Waals surface area contributed by atoms with Crippen molar-refractivity contribution in [3.63, 3.8) is 0 Å². The van der Waals surface area contributed by atoms with Crippen molar-refractivity contribution in [1.82, 2.24) is 15.3 Å². The molecule has 0 bridgehead atoms. The SMILES string of the molecule is CCc1cnc(N(C)CC2COCCN2)nc1. The van der Waals surface area contributed by atoms with Crippen LogP contribution in [0.3, 0.4) is 0 Å². The molecule has 94 valence electrons. The van der Waals surface area contributed by atoms with Crippen molar-refractivity contribution in [2.24, 2.45) is 0 Å². The molecule has 0 spiro atoms. The molecule has 0 aromatic carbocycles. The fraction of sp³-hybridized carbons (Fsp3) is 0.667. The summed E-state index contributed by atoms with van der Waals surface area (Å²) in [6, 6.07) is 0.364. The molecule has 2 heterocycles. The Hall–Kier alpha value is -1.20. The van der Waals surface area contributed by atoms with E-state index in [0.29, 0.717) is 6.04 Å². The highest BCUT2D eigenvalue weighted by molar-refractivity contribution is 5.28. The van der Waals surface area contributed by atoms with Gasteiger partial charge in [0, 0.05) is 38.6 Å². The molecular weight excluding hydrogens is 216 g/mol. The van der Waals surface area contributed by atoms with Gasteiger partial charge in [0.25, 0.3) is 0 Å². The fourth-order valence-corrected chi connectivity index (χ4v) is 1.88. The van der Waals surface area contributed by atoms with E-state index >= 15 is 0 Å². The van der Waals surface area contributed by atoms with Crippen LogP contribution in [0.5, 0.6) is 0 Å². The summed E-state index contributed by atoms with van der Waals surface area (Å²) in [6.45, 7) is 5.46. The van der Waals surface area contributed by atoms with Gasteiger partial charge in [-0.1, -0.05) is 6.92 Å². The van der Waals surface area contributed by atoms with Gasteiger partial charge in [0.2, 0.25) is 5.95 Å².